The molecule has 3 nitrogen and oxygen atoms in total. The maximum Gasteiger partial charge on any atom is 0.106 e. The lowest BCUT2D eigenvalue weighted by atomic mass is 10.2. The fraction of sp³-hybridized carbons (Fsp3) is 0.500. The quantitative estimate of drug-likeness (QED) is 0.605. The van der Waals surface area contributed by atoms with E-state index >= 15 is 0 Å². The minimum absolute atomic E-state index is 0.182. The molecule has 0 spiro atoms. The van der Waals surface area contributed by atoms with Gasteiger partial charge in [0.15, 0.2) is 0 Å². The van der Waals surface area contributed by atoms with Crippen LogP contribution in [0.1, 0.15) is 12.2 Å². The van der Waals surface area contributed by atoms with Gasteiger partial charge in [0.05, 0.1) is 12.9 Å². The Morgan fingerprint density at radius 3 is 3.18 bits per heavy atom. The highest BCUT2D eigenvalue weighted by Crippen LogP contribution is 2.14. The van der Waals surface area contributed by atoms with Gasteiger partial charge in [-0.2, -0.15) is 0 Å². The summed E-state index contributed by atoms with van der Waals surface area (Å²) in [4.78, 5) is 9.73. The highest BCUT2D eigenvalue weighted by atomic mass is 17.2. The molecular weight excluding hydrogens is 144 g/mol. The van der Waals surface area contributed by atoms with Gasteiger partial charge in [0.1, 0.15) is 11.9 Å². The molecule has 0 amide bonds. The van der Waals surface area contributed by atoms with Crippen LogP contribution in [-0.2, 0) is 16.2 Å². The predicted octanol–water partition coefficient (Wildman–Crippen LogP) is 1.54. The lowest BCUT2D eigenvalue weighted by Crippen LogP contribution is -2.07. The highest BCUT2D eigenvalue weighted by molar-refractivity contribution is 4.99. The monoisotopic (exact) mass is 154 g/mol. The molecule has 60 valence electrons. The Bertz CT molecular complexity index is 199. The third kappa shape index (κ3) is 1.61. The first-order chi connectivity index (χ1) is 5.45. The van der Waals surface area contributed by atoms with Crippen molar-refractivity contribution in [2.75, 3.05) is 6.61 Å². The summed E-state index contributed by atoms with van der Waals surface area (Å²) >= 11 is 0. The lowest BCUT2D eigenvalue weighted by Gasteiger charge is -2.02. The van der Waals surface area contributed by atoms with Gasteiger partial charge in [0, 0.05) is 12.8 Å². The summed E-state index contributed by atoms with van der Waals surface area (Å²) in [7, 11) is 0. The van der Waals surface area contributed by atoms with Crippen molar-refractivity contribution in [1.82, 2.24) is 0 Å². The topological polar surface area (TPSA) is 31.6 Å². The molecule has 1 atom stereocenters. The molecule has 0 aliphatic carbocycles. The molecule has 1 aromatic rings. The molecule has 1 aliphatic rings. The van der Waals surface area contributed by atoms with Gasteiger partial charge >= 0.3 is 0 Å². The number of hydrogen-bond donors (Lipinski definition) is 0. The van der Waals surface area contributed by atoms with Crippen LogP contribution in [0.25, 0.3) is 0 Å². The normalized spacial score (nSPS) is 24.2. The second-order valence-corrected chi connectivity index (χ2v) is 2.61. The summed E-state index contributed by atoms with van der Waals surface area (Å²) in [6.45, 7) is 0.700. The maximum absolute atomic E-state index is 5.16. The first kappa shape index (κ1) is 6.88. The van der Waals surface area contributed by atoms with E-state index in [0.29, 0.717) is 6.61 Å². The van der Waals surface area contributed by atoms with Crippen LogP contribution in [0.2, 0.25) is 0 Å². The summed E-state index contributed by atoms with van der Waals surface area (Å²) < 4.78 is 5.16. The molecule has 1 aliphatic heterocycles. The molecule has 2 rings (SSSR count). The lowest BCUT2D eigenvalue weighted by molar-refractivity contribution is -0.274. The Morgan fingerprint density at radius 2 is 2.55 bits per heavy atom. The molecule has 0 saturated carbocycles. The largest absolute Gasteiger partial charge is 0.469 e. The first-order valence-electron chi connectivity index (χ1n) is 3.76. The van der Waals surface area contributed by atoms with Gasteiger partial charge in [-0.15, -0.1) is 0 Å². The summed E-state index contributed by atoms with van der Waals surface area (Å²) in [5, 5.41) is 0. The van der Waals surface area contributed by atoms with Crippen LogP contribution < -0.4 is 0 Å². The molecule has 0 N–H and O–H groups in total. The van der Waals surface area contributed by atoms with Crippen LogP contribution in [0.3, 0.4) is 0 Å². The van der Waals surface area contributed by atoms with Gasteiger partial charge in [0.25, 0.3) is 0 Å². The average Bonchev–Trinajstić information content (AvgIpc) is 2.60. The molecule has 0 aromatic carbocycles. The molecule has 2 heterocycles. The van der Waals surface area contributed by atoms with E-state index in [4.69, 9.17) is 14.2 Å². The smallest absolute Gasteiger partial charge is 0.106 e. The fourth-order valence-electron chi connectivity index (χ4n) is 1.16. The van der Waals surface area contributed by atoms with Crippen molar-refractivity contribution in [3.63, 3.8) is 0 Å². The summed E-state index contributed by atoms with van der Waals surface area (Å²) in [6, 6.07) is 3.83. The van der Waals surface area contributed by atoms with Gasteiger partial charge in [-0.05, 0) is 12.1 Å². The van der Waals surface area contributed by atoms with E-state index in [0.717, 1.165) is 18.6 Å². The minimum Gasteiger partial charge on any atom is -0.469 e. The van der Waals surface area contributed by atoms with Crippen LogP contribution in [0.15, 0.2) is 22.8 Å². The van der Waals surface area contributed by atoms with Crippen LogP contribution >= 0.6 is 0 Å². The summed E-state index contributed by atoms with van der Waals surface area (Å²) in [6.07, 6.45) is 3.62. The number of hydrogen-bond acceptors (Lipinski definition) is 3. The number of rotatable bonds is 2. The Kier molecular flexibility index (Phi) is 1.92. The first-order valence-corrected chi connectivity index (χ1v) is 3.76. The zero-order chi connectivity index (χ0) is 7.52. The molecule has 1 aromatic heterocycles. The molecule has 11 heavy (non-hydrogen) atoms. The Labute approximate surface area is 64.8 Å². The van der Waals surface area contributed by atoms with Gasteiger partial charge in [-0.3, -0.25) is 0 Å². The zero-order valence-corrected chi connectivity index (χ0v) is 6.16. The second kappa shape index (κ2) is 3.07. The van der Waals surface area contributed by atoms with Crippen LogP contribution in [0, 0.1) is 0 Å². The zero-order valence-electron chi connectivity index (χ0n) is 6.16. The average molecular weight is 154 g/mol. The molecule has 3 heteroatoms. The van der Waals surface area contributed by atoms with Crippen molar-refractivity contribution < 1.29 is 14.2 Å². The van der Waals surface area contributed by atoms with E-state index in [1.54, 1.807) is 6.26 Å². The van der Waals surface area contributed by atoms with Gasteiger partial charge in [-0.25, -0.2) is 9.78 Å². The molecular formula is C8H10O3. The summed E-state index contributed by atoms with van der Waals surface area (Å²) in [5.41, 5.74) is 0. The van der Waals surface area contributed by atoms with Gasteiger partial charge < -0.3 is 4.42 Å². The maximum atomic E-state index is 5.16. The van der Waals surface area contributed by atoms with E-state index in [1.165, 1.54) is 0 Å². The van der Waals surface area contributed by atoms with Crippen molar-refractivity contribution in [2.24, 2.45) is 0 Å². The fourth-order valence-corrected chi connectivity index (χ4v) is 1.16. The minimum atomic E-state index is 0.182. The Balaban J connectivity index is 1.90. The van der Waals surface area contributed by atoms with Crippen molar-refractivity contribution in [3.05, 3.63) is 24.2 Å². The molecule has 0 bridgehead atoms. The van der Waals surface area contributed by atoms with Crippen molar-refractivity contribution >= 4 is 0 Å². The molecule has 1 fully saturated rings. The predicted molar refractivity (Wildman–Crippen MR) is 37.9 cm³/mol. The van der Waals surface area contributed by atoms with E-state index in [-0.39, 0.29) is 6.10 Å². The van der Waals surface area contributed by atoms with Crippen molar-refractivity contribution in [3.8, 4) is 0 Å². The second-order valence-electron chi connectivity index (χ2n) is 2.61. The molecule has 0 radical (unpaired) electrons. The number of furan rings is 1. The van der Waals surface area contributed by atoms with E-state index < -0.39 is 0 Å². The third-order valence-corrected chi connectivity index (χ3v) is 1.74. The van der Waals surface area contributed by atoms with E-state index in [1.807, 2.05) is 12.1 Å². The van der Waals surface area contributed by atoms with E-state index in [9.17, 15) is 0 Å². The Hall–Kier alpha value is -0.800. The van der Waals surface area contributed by atoms with Crippen molar-refractivity contribution in [1.29, 1.82) is 0 Å². The van der Waals surface area contributed by atoms with Crippen LogP contribution in [0.5, 0.6) is 0 Å². The highest BCUT2D eigenvalue weighted by Gasteiger charge is 2.18. The molecule has 1 unspecified atom stereocenters. The van der Waals surface area contributed by atoms with Gasteiger partial charge in [0.2, 0.25) is 0 Å². The van der Waals surface area contributed by atoms with Crippen LogP contribution in [-0.4, -0.2) is 12.7 Å². The standard InChI is InChI=1S/C8H10O3/c1-2-7(9-4-1)6-8-3-5-10-11-8/h1-2,4,8H,3,5-6H2. The third-order valence-electron chi connectivity index (χ3n) is 1.74. The SMILES string of the molecule is c1coc(CC2CCOO2)c1. The summed E-state index contributed by atoms with van der Waals surface area (Å²) in [5.74, 6) is 0.959. The van der Waals surface area contributed by atoms with Gasteiger partial charge in [-0.1, -0.05) is 0 Å². The van der Waals surface area contributed by atoms with Crippen molar-refractivity contribution in [2.45, 2.75) is 18.9 Å². The molecule has 1 saturated heterocycles. The van der Waals surface area contributed by atoms with E-state index in [2.05, 4.69) is 0 Å². The Morgan fingerprint density at radius 1 is 1.55 bits per heavy atom. The van der Waals surface area contributed by atoms with Crippen LogP contribution in [0.4, 0.5) is 0 Å².